The minimum absolute atomic E-state index is 0.000482. The number of H-pyrrole nitrogens is 1. The van der Waals surface area contributed by atoms with Crippen LogP contribution in [0.2, 0.25) is 0 Å². The lowest BCUT2D eigenvalue weighted by Gasteiger charge is -2.49. The molecule has 2 amide bonds. The summed E-state index contributed by atoms with van der Waals surface area (Å²) < 4.78 is 0. The fourth-order valence-electron chi connectivity index (χ4n) is 3.83. The van der Waals surface area contributed by atoms with E-state index in [4.69, 9.17) is 22.0 Å². The van der Waals surface area contributed by atoms with Gasteiger partial charge < -0.3 is 37.4 Å². The highest BCUT2D eigenvalue weighted by Gasteiger charge is 2.54. The normalized spacial score (nSPS) is 18.8. The van der Waals surface area contributed by atoms with Crippen molar-refractivity contribution in [2.45, 2.75) is 23.0 Å². The molecule has 1 unspecified atom stereocenters. The van der Waals surface area contributed by atoms with Crippen molar-refractivity contribution in [2.75, 3.05) is 28.7 Å². The quantitative estimate of drug-likeness (QED) is 0.0580. The number of thioether (sulfide) groups is 2. The number of carbonyl (C=O) groups excluding carboxylic acids is 2. The van der Waals surface area contributed by atoms with Crippen LogP contribution in [-0.2, 0) is 25.8 Å². The number of amides is 2. The summed E-state index contributed by atoms with van der Waals surface area (Å²) in [6.07, 6.45) is 3.01. The molecule has 2 aliphatic rings. The monoisotopic (exact) mass is 603 g/mol. The van der Waals surface area contributed by atoms with Gasteiger partial charge in [-0.25, -0.2) is 19.7 Å². The highest BCUT2D eigenvalue weighted by Crippen LogP contribution is 2.41. The Hall–Kier alpha value is -4.36. The minimum Gasteiger partial charge on any atom is -0.477 e. The number of carboxylic acids is 1. The number of fused-ring (bicyclic) bond motifs is 1. The van der Waals surface area contributed by atoms with Crippen LogP contribution >= 0.6 is 34.9 Å². The average Bonchev–Trinajstić information content (AvgIpc) is 3.59. The van der Waals surface area contributed by atoms with E-state index in [1.165, 1.54) is 52.4 Å². The third-order valence-corrected chi connectivity index (χ3v) is 8.59. The number of thiazole rings is 1. The lowest BCUT2D eigenvalue weighted by atomic mass is 10.0. The number of carbonyl (C=O) groups is 3. The second-order valence-electron chi connectivity index (χ2n) is 8.26. The Morgan fingerprint density at radius 2 is 2.12 bits per heavy atom. The van der Waals surface area contributed by atoms with Gasteiger partial charge in [0, 0.05) is 23.0 Å². The summed E-state index contributed by atoms with van der Waals surface area (Å²) in [5.74, 6) is -1.83. The van der Waals surface area contributed by atoms with Gasteiger partial charge in [0.15, 0.2) is 17.5 Å². The molecule has 1 fully saturated rings. The fraction of sp³-hybridized carbons (Fsp3) is 0.238. The molecule has 208 valence electrons. The number of carboxylic acid groups (broad SMARTS) is 1. The Labute approximate surface area is 237 Å². The van der Waals surface area contributed by atoms with Crippen LogP contribution in [0, 0.1) is 0 Å². The second kappa shape index (κ2) is 11.4. The largest absolute Gasteiger partial charge is 0.477 e. The Morgan fingerprint density at radius 1 is 1.30 bits per heavy atom. The number of aromatic nitrogens is 5. The van der Waals surface area contributed by atoms with E-state index in [1.807, 2.05) is 0 Å². The number of hydrogen-bond acceptors (Lipinski definition) is 15. The highest BCUT2D eigenvalue weighted by atomic mass is 32.2. The third kappa shape index (κ3) is 5.65. The predicted octanol–water partition coefficient (Wildman–Crippen LogP) is -0.145. The van der Waals surface area contributed by atoms with E-state index in [0.717, 1.165) is 11.3 Å². The molecule has 0 saturated carbocycles. The summed E-state index contributed by atoms with van der Waals surface area (Å²) in [4.78, 5) is 63.7. The summed E-state index contributed by atoms with van der Waals surface area (Å²) in [7, 11) is 0. The Morgan fingerprint density at radius 3 is 2.80 bits per heavy atom. The smallest absolute Gasteiger partial charge is 0.352 e. The number of nitrogen functional groups attached to an aromatic ring is 3. The van der Waals surface area contributed by atoms with Crippen molar-refractivity contribution in [3.05, 3.63) is 46.6 Å². The van der Waals surface area contributed by atoms with Gasteiger partial charge in [0.25, 0.3) is 11.8 Å². The van der Waals surface area contributed by atoms with E-state index in [9.17, 15) is 19.5 Å². The molecule has 0 spiro atoms. The molecule has 9 N–H and O–H groups in total. The van der Waals surface area contributed by atoms with E-state index < -0.39 is 29.2 Å². The molecule has 0 aliphatic carbocycles. The first-order valence-corrected chi connectivity index (χ1v) is 14.2. The number of imidazole rings is 1. The maximum absolute atomic E-state index is 13.2. The first kappa shape index (κ1) is 27.2. The summed E-state index contributed by atoms with van der Waals surface area (Å²) in [6, 6.07) is 0.533. The van der Waals surface area contributed by atoms with Crippen LogP contribution in [0.1, 0.15) is 11.4 Å². The molecule has 0 bridgehead atoms. The van der Waals surface area contributed by atoms with Gasteiger partial charge >= 0.3 is 5.97 Å². The molecule has 40 heavy (non-hydrogen) atoms. The third-order valence-electron chi connectivity index (χ3n) is 5.58. The van der Waals surface area contributed by atoms with Gasteiger partial charge in [0.1, 0.15) is 33.7 Å². The number of aliphatic carboxylic acids is 1. The maximum atomic E-state index is 13.2. The van der Waals surface area contributed by atoms with E-state index in [-0.39, 0.29) is 46.4 Å². The number of oxime groups is 1. The van der Waals surface area contributed by atoms with Crippen molar-refractivity contribution in [1.82, 2.24) is 35.1 Å². The maximum Gasteiger partial charge on any atom is 0.352 e. The zero-order valence-corrected chi connectivity index (χ0v) is 22.8. The number of nitrogens with one attached hydrogen (secondary N) is 2. The summed E-state index contributed by atoms with van der Waals surface area (Å²) >= 11 is 3.65. The second-order valence-corrected chi connectivity index (χ2v) is 11.2. The van der Waals surface area contributed by atoms with Crippen molar-refractivity contribution in [2.24, 2.45) is 5.16 Å². The lowest BCUT2D eigenvalue weighted by Crippen LogP contribution is -2.71. The van der Waals surface area contributed by atoms with Crippen LogP contribution in [0.15, 0.2) is 45.4 Å². The van der Waals surface area contributed by atoms with Gasteiger partial charge in [-0.3, -0.25) is 14.5 Å². The van der Waals surface area contributed by atoms with Gasteiger partial charge in [0.2, 0.25) is 5.95 Å². The number of nitrogens with two attached hydrogens (primary N) is 3. The molecule has 1 saturated heterocycles. The SMILES string of the molecule is Nc1cc(SCC2=C(C(=O)O)N3C(=O)C(NC(=O)/C(=N/OCc4cnc[nH]4)c4csc(N)n4)[C@H]3SC2)nc(N)n1. The molecular formula is C21H21N11O5S3. The molecule has 0 radical (unpaired) electrons. The first-order valence-electron chi connectivity index (χ1n) is 11.3. The summed E-state index contributed by atoms with van der Waals surface area (Å²) in [5, 5.41) is 18.1. The Bertz CT molecular complexity index is 1500. The van der Waals surface area contributed by atoms with Crippen molar-refractivity contribution in [3.8, 4) is 0 Å². The molecule has 2 aliphatic heterocycles. The Balaban J connectivity index is 1.30. The van der Waals surface area contributed by atoms with Crippen molar-refractivity contribution < 1.29 is 24.3 Å². The number of nitrogens with zero attached hydrogens (tertiary/aromatic N) is 6. The van der Waals surface area contributed by atoms with Crippen molar-refractivity contribution in [1.29, 1.82) is 0 Å². The Kier molecular flexibility index (Phi) is 7.76. The van der Waals surface area contributed by atoms with Gasteiger partial charge in [-0.15, -0.1) is 34.9 Å². The van der Waals surface area contributed by atoms with Crippen LogP contribution in [0.4, 0.5) is 16.9 Å². The summed E-state index contributed by atoms with van der Waals surface area (Å²) in [6.45, 7) is 0.00671. The molecule has 5 rings (SSSR count). The van der Waals surface area contributed by atoms with E-state index in [0.29, 0.717) is 22.0 Å². The molecule has 19 heteroatoms. The predicted molar refractivity (Wildman–Crippen MR) is 148 cm³/mol. The highest BCUT2D eigenvalue weighted by molar-refractivity contribution is 8.01. The van der Waals surface area contributed by atoms with E-state index in [1.54, 1.807) is 0 Å². The number of hydrogen-bond donors (Lipinski definition) is 6. The number of anilines is 3. The van der Waals surface area contributed by atoms with Crippen molar-refractivity contribution in [3.63, 3.8) is 0 Å². The zero-order chi connectivity index (χ0) is 28.4. The lowest BCUT2D eigenvalue weighted by molar-refractivity contribution is -0.150. The molecule has 3 aromatic rings. The zero-order valence-electron chi connectivity index (χ0n) is 20.3. The summed E-state index contributed by atoms with van der Waals surface area (Å²) in [5.41, 5.74) is 18.0. The first-order chi connectivity index (χ1) is 19.2. The van der Waals surface area contributed by atoms with Crippen LogP contribution in [0.5, 0.6) is 0 Å². The van der Waals surface area contributed by atoms with Gasteiger partial charge in [-0.1, -0.05) is 5.16 Å². The fourth-order valence-corrected chi connectivity index (χ4v) is 6.78. The van der Waals surface area contributed by atoms with Gasteiger partial charge in [-0.2, -0.15) is 4.98 Å². The number of aromatic amines is 1. The van der Waals surface area contributed by atoms with E-state index >= 15 is 0 Å². The van der Waals surface area contributed by atoms with Crippen molar-refractivity contribution >= 4 is 75.3 Å². The van der Waals surface area contributed by atoms with Crippen LogP contribution in [-0.4, -0.2) is 81.3 Å². The van der Waals surface area contributed by atoms with Gasteiger partial charge in [0.05, 0.1) is 18.2 Å². The van der Waals surface area contributed by atoms with Gasteiger partial charge in [-0.05, 0) is 5.57 Å². The van der Waals surface area contributed by atoms with E-state index in [2.05, 4.69) is 35.4 Å². The van der Waals surface area contributed by atoms with Crippen LogP contribution in [0.3, 0.4) is 0 Å². The molecular weight excluding hydrogens is 583 g/mol. The standard InChI is InChI=1S/C21H21N11O5S3/c22-11-1-12(29-20(23)28-11)38-4-8-5-39-18-14(17(34)32(18)15(8)19(35)36)30-16(33)13(10-6-40-21(24)27-10)31-37-3-9-2-25-7-26-9/h1-2,6-7,14,18H,3-5H2,(H2,24,27)(H,25,26)(H,30,33)(H,35,36)(H4,22,23,28,29)/b31-13+/t14?,18-/m1/s1. The molecule has 16 nitrogen and oxygen atoms in total. The van der Waals surface area contributed by atoms with Crippen LogP contribution < -0.4 is 22.5 Å². The minimum atomic E-state index is -1.26. The molecule has 5 heterocycles. The molecule has 0 aromatic carbocycles. The van der Waals surface area contributed by atoms with Crippen LogP contribution in [0.25, 0.3) is 0 Å². The average molecular weight is 604 g/mol. The number of rotatable bonds is 10. The number of β-lactam (4-membered cyclic amide) rings is 1. The molecule has 2 atom stereocenters. The molecule has 3 aromatic heterocycles. The topological polar surface area (TPSA) is 254 Å².